The van der Waals surface area contributed by atoms with E-state index in [0.29, 0.717) is 6.07 Å². The van der Waals surface area contributed by atoms with E-state index in [1.165, 1.54) is 12.1 Å². The molecule has 2 aromatic rings. The van der Waals surface area contributed by atoms with Crippen molar-refractivity contribution in [3.63, 3.8) is 0 Å². The standard InChI is InChI=1S/C18H16ClF3NO7P/c1-3-8-29-31(26,27-2)11-28-17-10-13(5-6-15(17)23(24)25)30-16-7-4-12(9-14(16)19)18(20,21)22/h3-7,9-10H,1,8,11H2,2H3. The van der Waals surface area contributed by atoms with E-state index in [1.807, 2.05) is 0 Å². The molecule has 0 N–H and O–H groups in total. The molecule has 1 atom stereocenters. The summed E-state index contributed by atoms with van der Waals surface area (Å²) in [5, 5.41) is 10.9. The number of nitro benzene ring substituents is 1. The summed E-state index contributed by atoms with van der Waals surface area (Å²) in [7, 11) is -2.61. The number of nitrogens with zero attached hydrogens (tertiary/aromatic N) is 1. The van der Waals surface area contributed by atoms with Crippen molar-refractivity contribution in [2.45, 2.75) is 6.18 Å². The minimum atomic E-state index is -4.58. The van der Waals surface area contributed by atoms with Crippen LogP contribution in [0, 0.1) is 10.1 Å². The molecule has 0 heterocycles. The van der Waals surface area contributed by atoms with Crippen molar-refractivity contribution >= 4 is 24.9 Å². The summed E-state index contributed by atoms with van der Waals surface area (Å²) in [4.78, 5) is 10.5. The van der Waals surface area contributed by atoms with E-state index in [0.717, 1.165) is 31.4 Å². The molecule has 0 aliphatic heterocycles. The molecule has 2 rings (SSSR count). The fourth-order valence-corrected chi connectivity index (χ4v) is 3.30. The van der Waals surface area contributed by atoms with E-state index in [1.54, 1.807) is 0 Å². The predicted molar refractivity (Wildman–Crippen MR) is 106 cm³/mol. The Kier molecular flexibility index (Phi) is 8.08. The van der Waals surface area contributed by atoms with Crippen LogP contribution < -0.4 is 9.47 Å². The van der Waals surface area contributed by atoms with Crippen LogP contribution in [0.25, 0.3) is 0 Å². The van der Waals surface area contributed by atoms with Crippen LogP contribution in [0.15, 0.2) is 49.1 Å². The van der Waals surface area contributed by atoms with Crippen molar-refractivity contribution in [2.24, 2.45) is 0 Å². The molecular formula is C18H16ClF3NO7P. The van der Waals surface area contributed by atoms with Gasteiger partial charge in [0.2, 0.25) is 5.75 Å². The second kappa shape index (κ2) is 10.1. The van der Waals surface area contributed by atoms with Gasteiger partial charge in [0, 0.05) is 19.2 Å². The highest BCUT2D eigenvalue weighted by Crippen LogP contribution is 2.48. The average Bonchev–Trinajstić information content (AvgIpc) is 2.71. The molecule has 1 unspecified atom stereocenters. The van der Waals surface area contributed by atoms with E-state index in [9.17, 15) is 27.9 Å². The van der Waals surface area contributed by atoms with Gasteiger partial charge in [-0.15, -0.1) is 6.58 Å². The van der Waals surface area contributed by atoms with Gasteiger partial charge in [-0.3, -0.25) is 14.7 Å². The number of ether oxygens (including phenoxy) is 2. The summed E-state index contributed by atoms with van der Waals surface area (Å²) in [5.41, 5.74) is -1.44. The number of rotatable bonds is 10. The van der Waals surface area contributed by atoms with E-state index in [-0.39, 0.29) is 28.9 Å². The van der Waals surface area contributed by atoms with Crippen LogP contribution in [0.2, 0.25) is 5.02 Å². The zero-order valence-electron chi connectivity index (χ0n) is 15.9. The van der Waals surface area contributed by atoms with Crippen LogP contribution in [0.4, 0.5) is 18.9 Å². The minimum Gasteiger partial charge on any atom is -0.474 e. The molecule has 0 aromatic heterocycles. The summed E-state index contributed by atoms with van der Waals surface area (Å²) in [6.45, 7) is 3.30. The molecule has 0 spiro atoms. The second-order valence-electron chi connectivity index (χ2n) is 5.78. The van der Waals surface area contributed by atoms with Crippen molar-refractivity contribution in [1.82, 2.24) is 0 Å². The average molecular weight is 482 g/mol. The lowest BCUT2D eigenvalue weighted by Gasteiger charge is -2.16. The molecule has 0 aliphatic rings. The summed E-state index contributed by atoms with van der Waals surface area (Å²) >= 11 is 5.85. The highest BCUT2D eigenvalue weighted by molar-refractivity contribution is 7.53. The summed E-state index contributed by atoms with van der Waals surface area (Å²) in [6.07, 6.45) is -3.90. The van der Waals surface area contributed by atoms with Gasteiger partial charge in [-0.05, 0) is 24.3 Å². The Balaban J connectivity index is 2.28. The summed E-state index contributed by atoms with van der Waals surface area (Å²) < 4.78 is 71.2. The van der Waals surface area contributed by atoms with Gasteiger partial charge in [0.15, 0.2) is 6.35 Å². The van der Waals surface area contributed by atoms with E-state index < -0.39 is 36.3 Å². The maximum Gasteiger partial charge on any atom is 0.416 e. The number of halogens is 4. The van der Waals surface area contributed by atoms with Crippen molar-refractivity contribution in [3.8, 4) is 17.2 Å². The molecule has 13 heteroatoms. The topological polar surface area (TPSA) is 97.1 Å². The molecule has 31 heavy (non-hydrogen) atoms. The number of nitro groups is 1. The summed E-state index contributed by atoms with van der Waals surface area (Å²) in [6, 6.07) is 5.81. The van der Waals surface area contributed by atoms with Gasteiger partial charge in [-0.2, -0.15) is 13.2 Å². The largest absolute Gasteiger partial charge is 0.474 e. The number of benzene rings is 2. The lowest BCUT2D eigenvalue weighted by molar-refractivity contribution is -0.385. The number of hydrogen-bond acceptors (Lipinski definition) is 7. The Labute approximate surface area is 179 Å². The minimum absolute atomic E-state index is 0.0264. The van der Waals surface area contributed by atoms with Crippen LogP contribution >= 0.6 is 19.2 Å². The van der Waals surface area contributed by atoms with Gasteiger partial charge < -0.3 is 18.5 Å². The first-order valence-corrected chi connectivity index (χ1v) is 10.5. The first-order valence-electron chi connectivity index (χ1n) is 8.35. The van der Waals surface area contributed by atoms with Gasteiger partial charge in [0.25, 0.3) is 0 Å². The third-order valence-corrected chi connectivity index (χ3v) is 5.50. The normalized spacial score (nSPS) is 13.3. The van der Waals surface area contributed by atoms with Crippen LogP contribution in [-0.4, -0.2) is 25.0 Å². The smallest absolute Gasteiger partial charge is 0.416 e. The molecule has 0 saturated carbocycles. The Hall–Kier alpha value is -2.59. The molecule has 0 radical (unpaired) electrons. The van der Waals surface area contributed by atoms with E-state index in [4.69, 9.17) is 30.1 Å². The predicted octanol–water partition coefficient (Wildman–Crippen LogP) is 6.44. The monoisotopic (exact) mass is 481 g/mol. The maximum atomic E-state index is 12.8. The molecule has 8 nitrogen and oxygen atoms in total. The van der Waals surface area contributed by atoms with Gasteiger partial charge in [0.1, 0.15) is 11.5 Å². The van der Waals surface area contributed by atoms with Crippen LogP contribution in [0.3, 0.4) is 0 Å². The fourth-order valence-electron chi connectivity index (χ4n) is 2.17. The van der Waals surface area contributed by atoms with Crippen LogP contribution in [0.5, 0.6) is 17.2 Å². The lowest BCUT2D eigenvalue weighted by Crippen LogP contribution is -2.06. The van der Waals surface area contributed by atoms with Crippen molar-refractivity contribution in [3.05, 3.63) is 69.8 Å². The molecule has 0 fully saturated rings. The van der Waals surface area contributed by atoms with Crippen molar-refractivity contribution in [2.75, 3.05) is 20.1 Å². The van der Waals surface area contributed by atoms with Crippen LogP contribution in [0.1, 0.15) is 5.56 Å². The number of hydrogen-bond donors (Lipinski definition) is 0. The zero-order valence-corrected chi connectivity index (χ0v) is 17.6. The molecule has 2 aromatic carbocycles. The van der Waals surface area contributed by atoms with Gasteiger partial charge in [-0.25, -0.2) is 0 Å². The van der Waals surface area contributed by atoms with E-state index >= 15 is 0 Å². The van der Waals surface area contributed by atoms with Crippen molar-refractivity contribution < 1.29 is 41.2 Å². The maximum absolute atomic E-state index is 12.8. The SMILES string of the molecule is C=CCOP(=O)(COc1cc(Oc2ccc(C(F)(F)F)cc2Cl)ccc1[N+](=O)[O-])OC. The third-order valence-electron chi connectivity index (χ3n) is 3.66. The Bertz CT molecular complexity index is 1020. The Morgan fingerprint density at radius 2 is 1.94 bits per heavy atom. The van der Waals surface area contributed by atoms with Crippen molar-refractivity contribution in [1.29, 1.82) is 0 Å². The Morgan fingerprint density at radius 1 is 1.23 bits per heavy atom. The molecule has 0 saturated heterocycles. The van der Waals surface area contributed by atoms with Gasteiger partial charge in [-0.1, -0.05) is 17.7 Å². The summed E-state index contributed by atoms with van der Waals surface area (Å²) in [5.74, 6) is -0.474. The molecule has 0 bridgehead atoms. The molecule has 0 aliphatic carbocycles. The fraction of sp³-hybridized carbons (Fsp3) is 0.222. The first kappa shape index (κ1) is 24.7. The lowest BCUT2D eigenvalue weighted by atomic mass is 10.2. The highest BCUT2D eigenvalue weighted by Gasteiger charge is 2.31. The quantitative estimate of drug-likeness (QED) is 0.167. The highest BCUT2D eigenvalue weighted by atomic mass is 35.5. The van der Waals surface area contributed by atoms with Gasteiger partial charge in [0.05, 0.1) is 22.1 Å². The van der Waals surface area contributed by atoms with E-state index in [2.05, 4.69) is 6.58 Å². The van der Waals surface area contributed by atoms with Gasteiger partial charge >= 0.3 is 19.5 Å². The number of alkyl halides is 3. The third kappa shape index (κ3) is 6.70. The first-order chi connectivity index (χ1) is 14.5. The molecule has 168 valence electrons. The molecular weight excluding hydrogens is 466 g/mol. The van der Waals surface area contributed by atoms with Crippen LogP contribution in [-0.2, 0) is 19.8 Å². The Morgan fingerprint density at radius 3 is 2.48 bits per heavy atom. The zero-order chi connectivity index (χ0) is 23.2. The second-order valence-corrected chi connectivity index (χ2v) is 8.29. The molecule has 0 amide bonds.